The number of benzene rings is 1. The van der Waals surface area contributed by atoms with Crippen molar-refractivity contribution in [3.05, 3.63) is 78.2 Å². The van der Waals surface area contributed by atoms with E-state index in [0.29, 0.717) is 20.6 Å². The lowest BCUT2D eigenvalue weighted by atomic mass is 9.95. The van der Waals surface area contributed by atoms with Crippen LogP contribution >= 0.6 is 11.3 Å². The number of aromatic nitrogens is 3. The van der Waals surface area contributed by atoms with E-state index < -0.39 is 12.0 Å². The maximum Gasteiger partial charge on any atom is 0.338 e. The fraction of sp³-hybridized carbons (Fsp3) is 0.333. The minimum Gasteiger partial charge on any atom is -0.466 e. The van der Waals surface area contributed by atoms with Gasteiger partial charge in [0, 0.05) is 38.1 Å². The summed E-state index contributed by atoms with van der Waals surface area (Å²) in [5, 5.41) is 4.46. The molecule has 172 valence electrons. The van der Waals surface area contributed by atoms with E-state index in [4.69, 9.17) is 4.74 Å². The predicted octanol–water partition coefficient (Wildman–Crippen LogP) is 2.00. The molecule has 1 aliphatic heterocycles. The summed E-state index contributed by atoms with van der Waals surface area (Å²) in [6.07, 6.45) is 3.78. The number of fused-ring (bicyclic) bond motifs is 1. The number of anilines is 1. The molecule has 0 aliphatic carbocycles. The normalized spacial score (nSPS) is 15.9. The number of nitrogens with zero attached hydrogens (tertiary/aromatic N) is 5. The van der Waals surface area contributed by atoms with E-state index in [1.165, 1.54) is 18.4 Å². The second kappa shape index (κ2) is 8.82. The maximum absolute atomic E-state index is 13.6. The van der Waals surface area contributed by atoms with Gasteiger partial charge in [-0.2, -0.15) is 5.10 Å². The summed E-state index contributed by atoms with van der Waals surface area (Å²) in [7, 11) is 5.27. The second-order valence-electron chi connectivity index (χ2n) is 8.08. The van der Waals surface area contributed by atoms with Crippen molar-refractivity contribution in [2.45, 2.75) is 33.4 Å². The van der Waals surface area contributed by atoms with Crippen LogP contribution in [0.4, 0.5) is 5.69 Å². The number of ether oxygens (including phenoxy) is 1. The lowest BCUT2D eigenvalue weighted by molar-refractivity contribution is -0.136. The zero-order valence-corrected chi connectivity index (χ0v) is 20.4. The van der Waals surface area contributed by atoms with Gasteiger partial charge in [0.2, 0.25) is 0 Å². The molecule has 3 aromatic rings. The third-order valence-electron chi connectivity index (χ3n) is 5.75. The number of allylic oxidation sites excluding steroid dienone is 1. The molecule has 3 heterocycles. The van der Waals surface area contributed by atoms with Gasteiger partial charge in [-0.3, -0.25) is 14.0 Å². The molecule has 0 saturated carbocycles. The number of thiazole rings is 1. The minimum absolute atomic E-state index is 0.196. The Morgan fingerprint density at radius 3 is 2.52 bits per heavy atom. The number of methoxy groups -OCH3 is 1. The third-order valence-corrected chi connectivity index (χ3v) is 6.73. The molecule has 0 radical (unpaired) electrons. The van der Waals surface area contributed by atoms with Crippen molar-refractivity contribution in [3.63, 3.8) is 0 Å². The van der Waals surface area contributed by atoms with Crippen LogP contribution in [0.3, 0.4) is 0 Å². The first-order valence-corrected chi connectivity index (χ1v) is 11.5. The van der Waals surface area contributed by atoms with Crippen LogP contribution in [0.1, 0.15) is 36.7 Å². The highest BCUT2D eigenvalue weighted by Gasteiger charge is 2.33. The van der Waals surface area contributed by atoms with Gasteiger partial charge in [-0.25, -0.2) is 9.79 Å². The standard InChI is InChI=1S/C24H27N5O3S/c1-7-28-13-17(14(2)26-28)12-19-22(30)29-21(16-8-10-18(11-9-16)27(4)5)20(23(31)32-6)15(3)25-24(29)33-19/h8-13,21H,7H2,1-6H3/t21-/m1/s1. The molecule has 2 aromatic heterocycles. The minimum atomic E-state index is -0.619. The van der Waals surface area contributed by atoms with Crippen molar-refractivity contribution < 1.29 is 9.53 Å². The smallest absolute Gasteiger partial charge is 0.338 e. The average Bonchev–Trinajstić information content (AvgIpc) is 3.31. The van der Waals surface area contributed by atoms with Crippen molar-refractivity contribution in [1.82, 2.24) is 14.3 Å². The predicted molar refractivity (Wildman–Crippen MR) is 129 cm³/mol. The highest BCUT2D eigenvalue weighted by Crippen LogP contribution is 2.31. The lowest BCUT2D eigenvalue weighted by Crippen LogP contribution is -2.39. The van der Waals surface area contributed by atoms with Gasteiger partial charge in [0.25, 0.3) is 5.56 Å². The summed E-state index contributed by atoms with van der Waals surface area (Å²) in [6, 6.07) is 7.20. The SMILES string of the molecule is CCn1cc(C=c2sc3n(c2=O)[C@H](c2ccc(N(C)C)cc2)C(C(=O)OC)=C(C)N=3)c(C)n1. The number of hydrogen-bond acceptors (Lipinski definition) is 7. The highest BCUT2D eigenvalue weighted by molar-refractivity contribution is 7.07. The first kappa shape index (κ1) is 22.7. The Bertz CT molecular complexity index is 1420. The molecule has 8 nitrogen and oxygen atoms in total. The first-order valence-electron chi connectivity index (χ1n) is 10.7. The molecular weight excluding hydrogens is 438 g/mol. The lowest BCUT2D eigenvalue weighted by Gasteiger charge is -2.25. The number of aryl methyl sites for hydroxylation is 2. The Kier molecular flexibility index (Phi) is 6.07. The van der Waals surface area contributed by atoms with Crippen LogP contribution in [0.2, 0.25) is 0 Å². The summed E-state index contributed by atoms with van der Waals surface area (Å²) in [6.45, 7) is 6.47. The monoisotopic (exact) mass is 465 g/mol. The molecule has 1 atom stereocenters. The van der Waals surface area contributed by atoms with Gasteiger partial charge < -0.3 is 9.64 Å². The van der Waals surface area contributed by atoms with Crippen LogP contribution in [0, 0.1) is 6.92 Å². The van der Waals surface area contributed by atoms with Crippen LogP contribution in [-0.4, -0.2) is 41.5 Å². The number of carbonyl (C=O) groups is 1. The molecule has 4 rings (SSSR count). The van der Waals surface area contributed by atoms with Crippen molar-refractivity contribution in [2.24, 2.45) is 4.99 Å². The van der Waals surface area contributed by atoms with E-state index >= 15 is 0 Å². The quantitative estimate of drug-likeness (QED) is 0.539. The highest BCUT2D eigenvalue weighted by atomic mass is 32.1. The zero-order chi connectivity index (χ0) is 23.9. The molecule has 33 heavy (non-hydrogen) atoms. The maximum atomic E-state index is 13.6. The summed E-state index contributed by atoms with van der Waals surface area (Å²) in [5.74, 6) is -0.493. The molecule has 0 unspecified atom stereocenters. The van der Waals surface area contributed by atoms with Crippen molar-refractivity contribution in [1.29, 1.82) is 0 Å². The Balaban J connectivity index is 1.94. The van der Waals surface area contributed by atoms with Gasteiger partial charge in [-0.15, -0.1) is 0 Å². The van der Waals surface area contributed by atoms with Crippen LogP contribution in [0.5, 0.6) is 0 Å². The Hall–Kier alpha value is -3.46. The Labute approximate surface area is 195 Å². The van der Waals surface area contributed by atoms with Gasteiger partial charge in [0.15, 0.2) is 4.80 Å². The van der Waals surface area contributed by atoms with Crippen molar-refractivity contribution >= 4 is 29.1 Å². The largest absolute Gasteiger partial charge is 0.466 e. The summed E-state index contributed by atoms with van der Waals surface area (Å²) in [4.78, 5) is 33.5. The van der Waals surface area contributed by atoms with Gasteiger partial charge in [0.1, 0.15) is 0 Å². The number of esters is 1. The summed E-state index contributed by atoms with van der Waals surface area (Å²) in [5.41, 5.74) is 4.30. The van der Waals surface area contributed by atoms with Crippen molar-refractivity contribution in [3.8, 4) is 0 Å². The van der Waals surface area contributed by atoms with Gasteiger partial charge in [-0.05, 0) is 44.5 Å². The molecule has 1 aliphatic rings. The van der Waals surface area contributed by atoms with Crippen LogP contribution < -0.4 is 19.8 Å². The van der Waals surface area contributed by atoms with Gasteiger partial charge in [0.05, 0.1) is 34.6 Å². The molecule has 1 aromatic carbocycles. The topological polar surface area (TPSA) is 81.7 Å². The van der Waals surface area contributed by atoms with E-state index in [0.717, 1.165) is 29.1 Å². The summed E-state index contributed by atoms with van der Waals surface area (Å²) < 4.78 is 9.05. The molecule has 0 spiro atoms. The molecule has 0 saturated heterocycles. The molecule has 0 N–H and O–H groups in total. The van der Waals surface area contributed by atoms with E-state index in [1.807, 2.05) is 74.1 Å². The third kappa shape index (κ3) is 4.04. The van der Waals surface area contributed by atoms with E-state index in [1.54, 1.807) is 11.5 Å². The van der Waals surface area contributed by atoms with E-state index in [-0.39, 0.29) is 5.56 Å². The van der Waals surface area contributed by atoms with Gasteiger partial charge >= 0.3 is 5.97 Å². The fourth-order valence-electron chi connectivity index (χ4n) is 3.94. The fourth-order valence-corrected chi connectivity index (χ4v) is 4.98. The second-order valence-corrected chi connectivity index (χ2v) is 9.09. The number of carbonyl (C=O) groups excluding carboxylic acids is 1. The van der Waals surface area contributed by atoms with Crippen molar-refractivity contribution in [2.75, 3.05) is 26.1 Å². The molecular formula is C24H27N5O3S. The van der Waals surface area contributed by atoms with Crippen LogP contribution in [0.15, 0.2) is 51.5 Å². The first-order chi connectivity index (χ1) is 15.7. The molecule has 0 fully saturated rings. The van der Waals surface area contributed by atoms with E-state index in [2.05, 4.69) is 10.1 Å². The molecule has 0 amide bonds. The number of hydrogen-bond donors (Lipinski definition) is 0. The summed E-state index contributed by atoms with van der Waals surface area (Å²) >= 11 is 1.31. The zero-order valence-electron chi connectivity index (χ0n) is 19.6. The molecule has 9 heteroatoms. The van der Waals surface area contributed by atoms with Crippen LogP contribution in [-0.2, 0) is 16.1 Å². The average molecular weight is 466 g/mol. The van der Waals surface area contributed by atoms with E-state index in [9.17, 15) is 9.59 Å². The Morgan fingerprint density at radius 1 is 1.24 bits per heavy atom. The van der Waals surface area contributed by atoms with Gasteiger partial charge in [-0.1, -0.05) is 23.5 Å². The molecule has 0 bridgehead atoms. The van der Waals surface area contributed by atoms with Crippen LogP contribution in [0.25, 0.3) is 6.08 Å². The Morgan fingerprint density at radius 2 is 1.94 bits per heavy atom. The number of rotatable bonds is 5.